The second-order valence-corrected chi connectivity index (χ2v) is 5.85. The van der Waals surface area contributed by atoms with E-state index >= 15 is 0 Å². The van der Waals surface area contributed by atoms with Gasteiger partial charge in [0.15, 0.2) is 0 Å². The van der Waals surface area contributed by atoms with Gasteiger partial charge in [0.05, 0.1) is 11.6 Å². The highest BCUT2D eigenvalue weighted by Gasteiger charge is 2.17. The zero-order valence-corrected chi connectivity index (χ0v) is 12.7. The van der Waals surface area contributed by atoms with Crippen LogP contribution in [0.5, 0.6) is 0 Å². The number of para-hydroxylation sites is 1. The van der Waals surface area contributed by atoms with Gasteiger partial charge < -0.3 is 11.1 Å². The Morgan fingerprint density at radius 3 is 2.80 bits per heavy atom. The lowest BCUT2D eigenvalue weighted by molar-refractivity contribution is 0.0936. The number of nitrogens with two attached hydrogens (primary N) is 1. The highest BCUT2D eigenvalue weighted by molar-refractivity contribution is 7.10. The molecule has 1 heterocycles. The maximum absolute atomic E-state index is 12.4. The second-order valence-electron chi connectivity index (χ2n) is 4.87. The summed E-state index contributed by atoms with van der Waals surface area (Å²) < 4.78 is 0. The van der Waals surface area contributed by atoms with Crippen molar-refractivity contribution in [2.24, 2.45) is 0 Å². The van der Waals surface area contributed by atoms with E-state index in [0.29, 0.717) is 11.3 Å². The van der Waals surface area contributed by atoms with Gasteiger partial charge in [-0.2, -0.15) is 0 Å². The Morgan fingerprint density at radius 1 is 1.35 bits per heavy atom. The molecule has 0 bridgehead atoms. The molecule has 3 nitrogen and oxygen atoms in total. The van der Waals surface area contributed by atoms with Crippen molar-refractivity contribution >= 4 is 22.9 Å². The molecule has 3 N–H and O–H groups in total. The molecule has 20 heavy (non-hydrogen) atoms. The molecule has 0 fully saturated rings. The largest absolute Gasteiger partial charge is 0.398 e. The first-order valence-corrected chi connectivity index (χ1v) is 7.70. The third kappa shape index (κ3) is 3.20. The van der Waals surface area contributed by atoms with Gasteiger partial charge in [-0.1, -0.05) is 31.5 Å². The molecule has 1 unspecified atom stereocenters. The van der Waals surface area contributed by atoms with Gasteiger partial charge in [-0.15, -0.1) is 11.3 Å². The predicted molar refractivity (Wildman–Crippen MR) is 85.0 cm³/mol. The summed E-state index contributed by atoms with van der Waals surface area (Å²) >= 11 is 1.67. The van der Waals surface area contributed by atoms with E-state index in [2.05, 4.69) is 18.3 Å². The topological polar surface area (TPSA) is 55.1 Å². The second kappa shape index (κ2) is 6.57. The van der Waals surface area contributed by atoms with Gasteiger partial charge in [-0.3, -0.25) is 4.79 Å². The van der Waals surface area contributed by atoms with Crippen LogP contribution in [0.15, 0.2) is 35.7 Å². The predicted octanol–water partition coefficient (Wildman–Crippen LogP) is 3.91. The summed E-state index contributed by atoms with van der Waals surface area (Å²) in [6.45, 7) is 4.03. The summed E-state index contributed by atoms with van der Waals surface area (Å²) in [6, 6.07) is 9.68. The van der Waals surface area contributed by atoms with Crippen molar-refractivity contribution in [1.29, 1.82) is 0 Å². The average molecular weight is 288 g/mol. The molecule has 1 aromatic carbocycles. The Kier molecular flexibility index (Phi) is 4.79. The van der Waals surface area contributed by atoms with E-state index in [9.17, 15) is 4.79 Å². The molecule has 1 amide bonds. The van der Waals surface area contributed by atoms with Crippen LogP contribution in [0.25, 0.3) is 0 Å². The van der Waals surface area contributed by atoms with Gasteiger partial charge in [0.2, 0.25) is 0 Å². The Labute approximate surface area is 123 Å². The van der Waals surface area contributed by atoms with Crippen molar-refractivity contribution in [3.05, 3.63) is 51.7 Å². The maximum atomic E-state index is 12.4. The Morgan fingerprint density at radius 2 is 2.15 bits per heavy atom. The number of carbonyl (C=O) groups excluding carboxylic acids is 1. The lowest BCUT2D eigenvalue weighted by Gasteiger charge is -2.18. The summed E-state index contributed by atoms with van der Waals surface area (Å²) in [7, 11) is 0. The first-order chi connectivity index (χ1) is 9.63. The van der Waals surface area contributed by atoms with Crippen molar-refractivity contribution in [2.45, 2.75) is 32.7 Å². The monoisotopic (exact) mass is 288 g/mol. The van der Waals surface area contributed by atoms with E-state index in [4.69, 9.17) is 5.73 Å². The number of anilines is 1. The zero-order chi connectivity index (χ0) is 14.5. The standard InChI is InChI=1S/C16H20N2OS/c1-3-6-13(14-9-5-10-20-14)18-16(19)12-8-4-7-11(2)15(12)17/h4-5,7-10,13H,3,6,17H2,1-2H3,(H,18,19). The van der Waals surface area contributed by atoms with Gasteiger partial charge in [0.25, 0.3) is 5.91 Å². The molecule has 0 saturated carbocycles. The number of hydrogen-bond donors (Lipinski definition) is 2. The number of hydrogen-bond acceptors (Lipinski definition) is 3. The van der Waals surface area contributed by atoms with Crippen molar-refractivity contribution in [3.8, 4) is 0 Å². The maximum Gasteiger partial charge on any atom is 0.253 e. The summed E-state index contributed by atoms with van der Waals surface area (Å²) in [6.07, 6.45) is 1.95. The highest BCUT2D eigenvalue weighted by atomic mass is 32.1. The van der Waals surface area contributed by atoms with Crippen molar-refractivity contribution in [2.75, 3.05) is 5.73 Å². The number of nitrogens with one attached hydrogen (secondary N) is 1. The van der Waals surface area contributed by atoms with Crippen LogP contribution < -0.4 is 11.1 Å². The molecule has 0 aliphatic heterocycles. The summed E-state index contributed by atoms with van der Waals surface area (Å²) in [5.74, 6) is -0.0990. The molecule has 1 aromatic heterocycles. The minimum Gasteiger partial charge on any atom is -0.398 e. The number of aryl methyl sites for hydroxylation is 1. The van der Waals surface area contributed by atoms with E-state index in [1.807, 2.05) is 30.5 Å². The number of amides is 1. The molecule has 0 aliphatic carbocycles. The Balaban J connectivity index is 2.18. The molecule has 0 aliphatic rings. The van der Waals surface area contributed by atoms with Gasteiger partial charge in [0, 0.05) is 10.6 Å². The van der Waals surface area contributed by atoms with E-state index < -0.39 is 0 Å². The summed E-state index contributed by atoms with van der Waals surface area (Å²) in [5.41, 5.74) is 8.04. The minimum atomic E-state index is -0.0990. The molecule has 4 heteroatoms. The SMILES string of the molecule is CCCC(NC(=O)c1cccc(C)c1N)c1cccs1. The van der Waals surface area contributed by atoms with Gasteiger partial charge in [-0.25, -0.2) is 0 Å². The van der Waals surface area contributed by atoms with Crippen molar-refractivity contribution in [3.63, 3.8) is 0 Å². The lowest BCUT2D eigenvalue weighted by atomic mass is 10.1. The normalized spacial score (nSPS) is 12.1. The summed E-state index contributed by atoms with van der Waals surface area (Å²) in [4.78, 5) is 13.6. The van der Waals surface area contributed by atoms with Crippen LogP contribution in [0.4, 0.5) is 5.69 Å². The summed E-state index contributed by atoms with van der Waals surface area (Å²) in [5, 5.41) is 5.13. The molecule has 2 aromatic rings. The van der Waals surface area contributed by atoms with Crippen LogP contribution >= 0.6 is 11.3 Å². The van der Waals surface area contributed by atoms with E-state index in [-0.39, 0.29) is 11.9 Å². The number of nitrogen functional groups attached to an aromatic ring is 1. The number of rotatable bonds is 5. The van der Waals surface area contributed by atoms with Crippen molar-refractivity contribution < 1.29 is 4.79 Å². The quantitative estimate of drug-likeness (QED) is 0.820. The van der Waals surface area contributed by atoms with E-state index in [1.165, 1.54) is 4.88 Å². The number of benzene rings is 1. The molecule has 0 saturated heterocycles. The van der Waals surface area contributed by atoms with Crippen LogP contribution in [0.2, 0.25) is 0 Å². The smallest absolute Gasteiger partial charge is 0.253 e. The third-order valence-corrected chi connectivity index (χ3v) is 4.32. The first kappa shape index (κ1) is 14.6. The lowest BCUT2D eigenvalue weighted by Crippen LogP contribution is -2.28. The van der Waals surface area contributed by atoms with Crippen LogP contribution in [-0.4, -0.2) is 5.91 Å². The molecule has 2 rings (SSSR count). The van der Waals surface area contributed by atoms with Crippen LogP contribution in [-0.2, 0) is 0 Å². The third-order valence-electron chi connectivity index (χ3n) is 3.34. The van der Waals surface area contributed by atoms with E-state index in [1.54, 1.807) is 17.4 Å². The van der Waals surface area contributed by atoms with Gasteiger partial charge >= 0.3 is 0 Å². The van der Waals surface area contributed by atoms with Gasteiger partial charge in [-0.05, 0) is 36.4 Å². The molecule has 0 spiro atoms. The minimum absolute atomic E-state index is 0.0624. The first-order valence-electron chi connectivity index (χ1n) is 6.82. The fourth-order valence-electron chi connectivity index (χ4n) is 2.18. The fourth-order valence-corrected chi connectivity index (χ4v) is 2.99. The molecular formula is C16H20N2OS. The molecular weight excluding hydrogens is 268 g/mol. The average Bonchev–Trinajstić information content (AvgIpc) is 2.95. The Bertz CT molecular complexity index is 578. The van der Waals surface area contributed by atoms with Crippen LogP contribution in [0.1, 0.15) is 46.6 Å². The molecule has 106 valence electrons. The highest BCUT2D eigenvalue weighted by Crippen LogP contribution is 2.24. The molecule has 0 radical (unpaired) electrons. The number of thiophene rings is 1. The van der Waals surface area contributed by atoms with E-state index in [0.717, 1.165) is 18.4 Å². The van der Waals surface area contributed by atoms with Crippen LogP contribution in [0.3, 0.4) is 0 Å². The van der Waals surface area contributed by atoms with Gasteiger partial charge in [0.1, 0.15) is 0 Å². The Hall–Kier alpha value is -1.81. The van der Waals surface area contributed by atoms with Crippen LogP contribution in [0, 0.1) is 6.92 Å². The van der Waals surface area contributed by atoms with Crippen molar-refractivity contribution in [1.82, 2.24) is 5.32 Å². The number of carbonyl (C=O) groups is 1. The fraction of sp³-hybridized carbons (Fsp3) is 0.312. The molecule has 1 atom stereocenters. The zero-order valence-electron chi connectivity index (χ0n) is 11.8.